The maximum absolute atomic E-state index is 11.8. The van der Waals surface area contributed by atoms with Crippen LogP contribution in [0.1, 0.15) is 35.6 Å². The minimum Gasteiger partial charge on any atom is -0.369 e. The number of nitroso groups, excluding NO2 is 1. The number of benzene rings is 2. The van der Waals surface area contributed by atoms with Crippen LogP contribution in [0.5, 0.6) is 0 Å². The van der Waals surface area contributed by atoms with Crippen molar-refractivity contribution in [1.29, 1.82) is 0 Å². The van der Waals surface area contributed by atoms with Gasteiger partial charge in [0.15, 0.2) is 6.54 Å². The Morgan fingerprint density at radius 2 is 1.81 bits per heavy atom. The third-order valence-electron chi connectivity index (χ3n) is 6.02. The van der Waals surface area contributed by atoms with Crippen molar-refractivity contribution < 1.29 is 4.76 Å². The maximum atomic E-state index is 11.8. The second kappa shape index (κ2) is 8.22. The zero-order valence-electron chi connectivity index (χ0n) is 16.3. The number of anilines is 1. The lowest BCUT2D eigenvalue weighted by Gasteiger charge is -2.36. The largest absolute Gasteiger partial charge is 0.369 e. The smallest absolute Gasteiger partial charge is 0.226 e. The second-order valence-electron chi connectivity index (χ2n) is 7.96. The molecule has 4 heteroatoms. The van der Waals surface area contributed by atoms with Gasteiger partial charge in [0.1, 0.15) is 0 Å². The van der Waals surface area contributed by atoms with Gasteiger partial charge in [0, 0.05) is 66.5 Å². The first-order valence-corrected chi connectivity index (χ1v) is 10.3. The highest BCUT2D eigenvalue weighted by Gasteiger charge is 2.32. The minimum atomic E-state index is 0.0775. The van der Waals surface area contributed by atoms with E-state index in [4.69, 9.17) is 0 Å². The molecule has 1 unspecified atom stereocenters. The molecule has 4 nitrogen and oxygen atoms in total. The van der Waals surface area contributed by atoms with Crippen molar-refractivity contribution in [1.82, 2.24) is 4.90 Å². The van der Waals surface area contributed by atoms with Gasteiger partial charge in [0.25, 0.3) is 0 Å². The van der Waals surface area contributed by atoms with Gasteiger partial charge < -0.3 is 4.90 Å². The summed E-state index contributed by atoms with van der Waals surface area (Å²) >= 11 is 0. The van der Waals surface area contributed by atoms with Crippen molar-refractivity contribution in [3.8, 4) is 0 Å². The van der Waals surface area contributed by atoms with Gasteiger partial charge in [-0.15, -0.1) is 0 Å². The summed E-state index contributed by atoms with van der Waals surface area (Å²) in [6, 6.07) is 17.6. The van der Waals surface area contributed by atoms with Crippen LogP contribution in [0.4, 0.5) is 5.69 Å². The van der Waals surface area contributed by atoms with Gasteiger partial charge in [-0.2, -0.15) is 0 Å². The summed E-state index contributed by atoms with van der Waals surface area (Å²) in [5.74, 6) is 0. The van der Waals surface area contributed by atoms with Gasteiger partial charge >= 0.3 is 0 Å². The van der Waals surface area contributed by atoms with E-state index in [0.29, 0.717) is 6.54 Å². The lowest BCUT2D eigenvalue weighted by Crippen LogP contribution is -2.47. The molecule has 0 spiro atoms. The lowest BCUT2D eigenvalue weighted by molar-refractivity contribution is -0.570. The molecule has 0 N–H and O–H groups in total. The third-order valence-corrected chi connectivity index (χ3v) is 6.02. The number of rotatable bonds is 5. The number of aryl methyl sites for hydroxylation is 1. The van der Waals surface area contributed by atoms with E-state index in [1.165, 1.54) is 27.1 Å². The summed E-state index contributed by atoms with van der Waals surface area (Å²) in [7, 11) is 0. The molecule has 0 bridgehead atoms. The van der Waals surface area contributed by atoms with E-state index < -0.39 is 0 Å². The van der Waals surface area contributed by atoms with Crippen LogP contribution in [0.3, 0.4) is 0 Å². The standard InChI is InChI=1S/C23H30N3O/c1-19-4-2-5-22(18-19)25-16-14-24(15-17-25)13-11-20-7-9-21(10-8-20)23-6-3-12-26(23)27/h2,4-5,7-10,18,23H,3,6,11-17H2,1H3/q+1. The summed E-state index contributed by atoms with van der Waals surface area (Å²) in [6.45, 7) is 8.40. The summed E-state index contributed by atoms with van der Waals surface area (Å²) in [4.78, 5) is 16.9. The topological polar surface area (TPSA) is 26.6 Å². The van der Waals surface area contributed by atoms with Gasteiger partial charge in [0.2, 0.25) is 6.04 Å². The van der Waals surface area contributed by atoms with Gasteiger partial charge in [-0.05, 0) is 36.6 Å². The maximum Gasteiger partial charge on any atom is 0.226 e. The molecule has 2 aromatic carbocycles. The van der Waals surface area contributed by atoms with Crippen molar-refractivity contribution in [3.05, 3.63) is 70.1 Å². The Bertz CT molecular complexity index is 778. The molecule has 2 aliphatic heterocycles. The second-order valence-corrected chi connectivity index (χ2v) is 7.96. The number of hydrogen-bond acceptors (Lipinski definition) is 3. The van der Waals surface area contributed by atoms with E-state index in [1.54, 1.807) is 0 Å². The number of hydrogen-bond donors (Lipinski definition) is 0. The van der Waals surface area contributed by atoms with E-state index in [2.05, 4.69) is 65.3 Å². The van der Waals surface area contributed by atoms with Gasteiger partial charge in [-0.1, -0.05) is 36.4 Å². The average molecular weight is 365 g/mol. The fourth-order valence-corrected chi connectivity index (χ4v) is 4.32. The molecule has 142 valence electrons. The van der Waals surface area contributed by atoms with Crippen LogP contribution < -0.4 is 4.90 Å². The Kier molecular flexibility index (Phi) is 5.53. The summed E-state index contributed by atoms with van der Waals surface area (Å²) in [6.07, 6.45) is 3.09. The van der Waals surface area contributed by atoms with E-state index in [0.717, 1.165) is 52.0 Å². The first kappa shape index (κ1) is 18.2. The Labute approximate surface area is 162 Å². The van der Waals surface area contributed by atoms with E-state index in [-0.39, 0.29) is 6.04 Å². The van der Waals surface area contributed by atoms with Crippen LogP contribution >= 0.6 is 0 Å². The molecular weight excluding hydrogens is 334 g/mol. The highest BCUT2D eigenvalue weighted by Crippen LogP contribution is 2.28. The zero-order valence-corrected chi connectivity index (χ0v) is 16.3. The van der Waals surface area contributed by atoms with E-state index in [9.17, 15) is 4.91 Å². The van der Waals surface area contributed by atoms with Crippen molar-refractivity contribution in [3.63, 3.8) is 0 Å². The zero-order chi connectivity index (χ0) is 18.6. The van der Waals surface area contributed by atoms with Crippen LogP contribution in [0.2, 0.25) is 0 Å². The molecule has 0 aromatic heterocycles. The summed E-state index contributed by atoms with van der Waals surface area (Å²) in [5, 5.41) is 0. The SMILES string of the molecule is Cc1cccc(N2CCN(CCc3ccc(C4CCC[N+]4=O)cc3)CC2)c1. The fraction of sp³-hybridized carbons (Fsp3) is 0.478. The van der Waals surface area contributed by atoms with Crippen molar-refractivity contribution >= 4 is 5.69 Å². The van der Waals surface area contributed by atoms with Crippen LogP contribution in [-0.2, 0) is 6.42 Å². The Morgan fingerprint density at radius 3 is 2.48 bits per heavy atom. The first-order valence-electron chi connectivity index (χ1n) is 10.3. The third kappa shape index (κ3) is 4.38. The Morgan fingerprint density at radius 1 is 1.04 bits per heavy atom. The average Bonchev–Trinajstić information content (AvgIpc) is 3.13. The van der Waals surface area contributed by atoms with Gasteiger partial charge in [-0.3, -0.25) is 4.90 Å². The van der Waals surface area contributed by atoms with Crippen LogP contribution in [-0.4, -0.2) is 48.9 Å². The minimum absolute atomic E-state index is 0.0775. The summed E-state index contributed by atoms with van der Waals surface area (Å²) in [5.41, 5.74) is 5.23. The molecule has 0 saturated carbocycles. The monoisotopic (exact) mass is 364 g/mol. The first-order chi connectivity index (χ1) is 13.2. The number of nitrogens with zero attached hydrogens (tertiary/aromatic N) is 3. The predicted molar refractivity (Wildman–Crippen MR) is 110 cm³/mol. The van der Waals surface area contributed by atoms with Crippen molar-refractivity contribution in [2.24, 2.45) is 0 Å². The molecule has 0 aliphatic carbocycles. The normalized spacial score (nSPS) is 21.0. The van der Waals surface area contributed by atoms with E-state index >= 15 is 0 Å². The summed E-state index contributed by atoms with van der Waals surface area (Å²) < 4.78 is 1.24. The molecule has 2 heterocycles. The van der Waals surface area contributed by atoms with Crippen molar-refractivity contribution in [2.75, 3.05) is 44.2 Å². The Balaban J connectivity index is 1.26. The molecule has 2 saturated heterocycles. The quantitative estimate of drug-likeness (QED) is 0.751. The molecule has 0 amide bonds. The number of piperazine rings is 1. The van der Waals surface area contributed by atoms with Gasteiger partial charge in [0.05, 0.1) is 0 Å². The Hall–Kier alpha value is -2.20. The highest BCUT2D eigenvalue weighted by atomic mass is 16.3. The predicted octanol–water partition coefficient (Wildman–Crippen LogP) is 3.97. The van der Waals surface area contributed by atoms with Crippen LogP contribution in [0.15, 0.2) is 48.5 Å². The van der Waals surface area contributed by atoms with Crippen LogP contribution in [0, 0.1) is 11.8 Å². The fourth-order valence-electron chi connectivity index (χ4n) is 4.32. The van der Waals surface area contributed by atoms with Gasteiger partial charge in [-0.25, -0.2) is 0 Å². The van der Waals surface area contributed by atoms with E-state index in [1.807, 2.05) is 0 Å². The molecular formula is C23H30N3O+. The van der Waals surface area contributed by atoms with Crippen LogP contribution in [0.25, 0.3) is 0 Å². The molecule has 2 aliphatic rings. The molecule has 4 rings (SSSR count). The lowest BCUT2D eigenvalue weighted by atomic mass is 10.0. The highest BCUT2D eigenvalue weighted by molar-refractivity contribution is 5.48. The molecule has 1 atom stereocenters. The molecule has 2 aromatic rings. The van der Waals surface area contributed by atoms with Crippen molar-refractivity contribution in [2.45, 2.75) is 32.2 Å². The molecule has 27 heavy (non-hydrogen) atoms. The molecule has 0 radical (unpaired) electrons. The molecule has 2 fully saturated rings.